The van der Waals surface area contributed by atoms with Crippen molar-refractivity contribution in [3.05, 3.63) is 59.7 Å². The summed E-state index contributed by atoms with van der Waals surface area (Å²) < 4.78 is 27.3. The Balaban J connectivity index is 1.67. The van der Waals surface area contributed by atoms with Crippen LogP contribution in [0, 0.1) is 0 Å². The summed E-state index contributed by atoms with van der Waals surface area (Å²) in [6, 6.07) is 14.8. The molecule has 1 N–H and O–H groups in total. The largest absolute Gasteiger partial charge is 0.453 e. The van der Waals surface area contributed by atoms with Crippen LogP contribution in [0.2, 0.25) is 0 Å². The molecule has 2 aromatic rings. The van der Waals surface area contributed by atoms with Gasteiger partial charge in [-0.25, -0.2) is 9.18 Å². The van der Waals surface area contributed by atoms with E-state index in [4.69, 9.17) is 9.47 Å². The molecule has 0 unspecified atom stereocenters. The maximum atomic E-state index is 16.8. The fourth-order valence-corrected chi connectivity index (χ4v) is 5.08. The second-order valence-electron chi connectivity index (χ2n) is 7.44. The smallest absolute Gasteiger partial charge is 0.410 e. The minimum atomic E-state index is -1.86. The highest BCUT2D eigenvalue weighted by atomic mass is 19.1. The van der Waals surface area contributed by atoms with E-state index in [1.807, 2.05) is 48.5 Å². The number of amides is 1. The van der Waals surface area contributed by atoms with E-state index in [2.05, 4.69) is 0 Å². The first-order valence-corrected chi connectivity index (χ1v) is 9.07. The van der Waals surface area contributed by atoms with Gasteiger partial charge in [0, 0.05) is 5.92 Å². The van der Waals surface area contributed by atoms with Crippen LogP contribution >= 0.6 is 0 Å². The Bertz CT molecular complexity index is 873. The summed E-state index contributed by atoms with van der Waals surface area (Å²) in [5, 5.41) is 10.3. The molecule has 2 aromatic carbocycles. The molecule has 27 heavy (non-hydrogen) atoms. The molecule has 2 aliphatic heterocycles. The zero-order valence-electron chi connectivity index (χ0n) is 14.8. The molecule has 0 aromatic heterocycles. The zero-order chi connectivity index (χ0) is 18.8. The Labute approximate surface area is 156 Å². The van der Waals surface area contributed by atoms with Crippen molar-refractivity contribution in [1.29, 1.82) is 0 Å². The third kappa shape index (κ3) is 2.14. The molecule has 4 atom stereocenters. The number of alkyl halides is 1. The van der Waals surface area contributed by atoms with Crippen LogP contribution in [0.15, 0.2) is 48.5 Å². The van der Waals surface area contributed by atoms with E-state index < -0.39 is 35.9 Å². The zero-order valence-corrected chi connectivity index (χ0v) is 14.8. The number of likely N-dealkylation sites (tertiary alicyclic amines) is 1. The molecule has 5 rings (SSSR count). The Morgan fingerprint density at radius 3 is 2.37 bits per heavy atom. The molecule has 2 fully saturated rings. The first-order chi connectivity index (χ1) is 13.1. The number of nitrogens with zero attached hydrogens (tertiary/aromatic N) is 1. The number of carbonyl (C=O) groups is 1. The quantitative estimate of drug-likeness (QED) is 0.840. The Hall–Kier alpha value is -2.44. The number of hydrogen-bond acceptors (Lipinski definition) is 4. The molecule has 0 saturated carbocycles. The van der Waals surface area contributed by atoms with E-state index >= 15 is 4.39 Å². The molecule has 1 aliphatic carbocycles. The number of ether oxygens (including phenoxy) is 2. The third-order valence-electron chi connectivity index (χ3n) is 6.12. The summed E-state index contributed by atoms with van der Waals surface area (Å²) in [6.45, 7) is -0.177. The topological polar surface area (TPSA) is 59.0 Å². The normalized spacial score (nSPS) is 31.5. The highest BCUT2D eigenvalue weighted by Crippen LogP contribution is 2.56. The maximum Gasteiger partial charge on any atom is 0.410 e. The van der Waals surface area contributed by atoms with Crippen molar-refractivity contribution in [3.8, 4) is 11.1 Å². The number of methoxy groups -OCH3 is 1. The van der Waals surface area contributed by atoms with Crippen molar-refractivity contribution >= 4 is 6.09 Å². The molecular formula is C21H20FNO4. The molecule has 6 heteroatoms. The molecule has 140 valence electrons. The van der Waals surface area contributed by atoms with Crippen molar-refractivity contribution in [2.75, 3.05) is 20.3 Å². The number of hydrogen-bond donors (Lipinski definition) is 1. The minimum absolute atomic E-state index is 0.00448. The van der Waals surface area contributed by atoms with Gasteiger partial charge in [0.25, 0.3) is 0 Å². The lowest BCUT2D eigenvalue weighted by Crippen LogP contribution is -2.45. The van der Waals surface area contributed by atoms with Crippen LogP contribution in [0.5, 0.6) is 0 Å². The summed E-state index contributed by atoms with van der Waals surface area (Å²) in [4.78, 5) is 13.6. The van der Waals surface area contributed by atoms with Gasteiger partial charge in [-0.15, -0.1) is 0 Å². The Morgan fingerprint density at radius 1 is 1.19 bits per heavy atom. The van der Waals surface area contributed by atoms with Crippen LogP contribution in [-0.4, -0.2) is 60.3 Å². The predicted molar refractivity (Wildman–Crippen MR) is 96.2 cm³/mol. The van der Waals surface area contributed by atoms with E-state index in [-0.39, 0.29) is 13.2 Å². The number of carbonyl (C=O) groups excluding carboxylic acids is 1. The van der Waals surface area contributed by atoms with E-state index in [1.54, 1.807) is 0 Å². The summed E-state index contributed by atoms with van der Waals surface area (Å²) >= 11 is 0. The van der Waals surface area contributed by atoms with Gasteiger partial charge in [-0.1, -0.05) is 48.5 Å². The van der Waals surface area contributed by atoms with E-state index in [9.17, 15) is 9.90 Å². The van der Waals surface area contributed by atoms with Crippen LogP contribution in [0.3, 0.4) is 0 Å². The molecular weight excluding hydrogens is 349 g/mol. The molecule has 3 aliphatic rings. The van der Waals surface area contributed by atoms with E-state index in [0.717, 1.165) is 22.3 Å². The second kappa shape index (κ2) is 5.78. The van der Waals surface area contributed by atoms with Gasteiger partial charge in [-0.3, -0.25) is 4.90 Å². The molecule has 2 heterocycles. The monoisotopic (exact) mass is 369 g/mol. The summed E-state index contributed by atoms with van der Waals surface area (Å²) in [5.74, 6) is -0.572. The lowest BCUT2D eigenvalue weighted by Gasteiger charge is -2.32. The number of aliphatic hydroxyl groups is 1. The minimum Gasteiger partial charge on any atom is -0.453 e. The summed E-state index contributed by atoms with van der Waals surface area (Å²) in [7, 11) is 1.26. The number of aliphatic hydroxyl groups excluding tert-OH is 1. The second-order valence-corrected chi connectivity index (χ2v) is 7.44. The van der Waals surface area contributed by atoms with Crippen molar-refractivity contribution in [1.82, 2.24) is 4.90 Å². The van der Waals surface area contributed by atoms with Crippen molar-refractivity contribution in [2.24, 2.45) is 0 Å². The van der Waals surface area contributed by atoms with Gasteiger partial charge >= 0.3 is 6.09 Å². The van der Waals surface area contributed by atoms with Crippen LogP contribution in [0.25, 0.3) is 11.1 Å². The first kappa shape index (κ1) is 16.7. The van der Waals surface area contributed by atoms with Gasteiger partial charge in [-0.05, 0) is 22.3 Å². The molecule has 2 saturated heterocycles. The number of benzene rings is 2. The van der Waals surface area contributed by atoms with Gasteiger partial charge < -0.3 is 14.6 Å². The average molecular weight is 369 g/mol. The number of fused-ring (bicyclic) bond motifs is 4. The lowest BCUT2D eigenvalue weighted by atomic mass is 9.78. The lowest BCUT2D eigenvalue weighted by molar-refractivity contribution is -0.0177. The SMILES string of the molecule is COC(=O)N1C[C@@](F)(C2c3ccccc3-c3ccccc32)[C@H]2OC[C@H](O)[C@H]21. The Kier molecular flexibility index (Phi) is 3.58. The fraction of sp³-hybridized carbons (Fsp3) is 0.381. The van der Waals surface area contributed by atoms with Gasteiger partial charge in [0.2, 0.25) is 0 Å². The number of rotatable bonds is 1. The Morgan fingerprint density at radius 2 is 1.78 bits per heavy atom. The predicted octanol–water partition coefficient (Wildman–Crippen LogP) is 2.72. The van der Waals surface area contributed by atoms with E-state index in [1.165, 1.54) is 12.0 Å². The van der Waals surface area contributed by atoms with Crippen LogP contribution in [0.1, 0.15) is 17.0 Å². The summed E-state index contributed by atoms with van der Waals surface area (Å²) in [6.07, 6.45) is -2.48. The van der Waals surface area contributed by atoms with Gasteiger partial charge in [-0.2, -0.15) is 0 Å². The van der Waals surface area contributed by atoms with Crippen LogP contribution in [-0.2, 0) is 9.47 Å². The molecule has 5 nitrogen and oxygen atoms in total. The van der Waals surface area contributed by atoms with Crippen molar-refractivity contribution in [2.45, 2.75) is 29.8 Å². The first-order valence-electron chi connectivity index (χ1n) is 9.07. The van der Waals surface area contributed by atoms with E-state index in [0.29, 0.717) is 0 Å². The van der Waals surface area contributed by atoms with Crippen LogP contribution in [0.4, 0.5) is 9.18 Å². The maximum absolute atomic E-state index is 16.8. The van der Waals surface area contributed by atoms with Gasteiger partial charge in [0.05, 0.1) is 26.3 Å². The molecule has 0 radical (unpaired) electrons. The average Bonchev–Trinajstić information content (AvgIpc) is 3.33. The van der Waals surface area contributed by atoms with Gasteiger partial charge in [0.1, 0.15) is 12.2 Å². The standard InChI is InChI=1S/C21H20FNO4/c1-26-20(25)23-11-21(22,19-18(23)16(24)10-27-19)17-14-8-4-2-6-12(14)13-7-3-5-9-15(13)17/h2-9,16-19,24H,10-11H2,1H3/t16-,18+,19-,21+/m0/s1. The van der Waals surface area contributed by atoms with Crippen LogP contribution < -0.4 is 0 Å². The fourth-order valence-electron chi connectivity index (χ4n) is 5.08. The summed E-state index contributed by atoms with van der Waals surface area (Å²) in [5.41, 5.74) is 1.91. The van der Waals surface area contributed by atoms with Crippen molar-refractivity contribution in [3.63, 3.8) is 0 Å². The molecule has 1 amide bonds. The van der Waals surface area contributed by atoms with Gasteiger partial charge in [0.15, 0.2) is 5.67 Å². The number of halogens is 1. The highest BCUT2D eigenvalue weighted by molar-refractivity contribution is 5.80. The third-order valence-corrected chi connectivity index (χ3v) is 6.12. The molecule has 0 bridgehead atoms. The molecule has 0 spiro atoms. The highest BCUT2D eigenvalue weighted by Gasteiger charge is 2.65. The van der Waals surface area contributed by atoms with Crippen molar-refractivity contribution < 1.29 is 23.8 Å².